The van der Waals surface area contributed by atoms with E-state index in [1.165, 1.54) is 33.2 Å². The third-order valence-corrected chi connectivity index (χ3v) is 15.6. The number of nitrogens with zero attached hydrogens (tertiary/aromatic N) is 2. The lowest BCUT2D eigenvalue weighted by Crippen LogP contribution is -2.61. The second-order valence-electron chi connectivity index (χ2n) is 19.0. The van der Waals surface area contributed by atoms with Crippen LogP contribution in [0.15, 0.2) is 29.2 Å². The lowest BCUT2D eigenvalue weighted by atomic mass is 9.77. The molecule has 61 heavy (non-hydrogen) atoms. The zero-order chi connectivity index (χ0) is 46.2. The summed E-state index contributed by atoms with van der Waals surface area (Å²) in [6.07, 6.45) is -10.7. The average Bonchev–Trinajstić information content (AvgIpc) is 3.18. The van der Waals surface area contributed by atoms with E-state index in [9.17, 15) is 38.7 Å². The van der Waals surface area contributed by atoms with E-state index >= 15 is 0 Å². The van der Waals surface area contributed by atoms with Crippen LogP contribution in [0.5, 0.6) is 0 Å². The second kappa shape index (κ2) is 20.1. The molecule has 3 fully saturated rings. The lowest BCUT2D eigenvalue weighted by Gasteiger charge is -2.48. The number of esters is 1. The quantitative estimate of drug-likeness (QED) is 0.226. The van der Waals surface area contributed by atoms with Crippen LogP contribution >= 0.6 is 0 Å². The molecule has 3 heterocycles. The number of rotatable bonds is 9. The first kappa shape index (κ1) is 51.8. The molecule has 0 spiro atoms. The first-order chi connectivity index (χ1) is 28.1. The van der Waals surface area contributed by atoms with E-state index in [0.29, 0.717) is 6.54 Å². The monoisotopic (exact) mass is 889 g/mol. The third kappa shape index (κ3) is 11.3. The molecule has 0 amide bonds. The van der Waals surface area contributed by atoms with Gasteiger partial charge in [0.1, 0.15) is 30.0 Å². The molecule has 1 aromatic rings. The van der Waals surface area contributed by atoms with Gasteiger partial charge in [0.25, 0.3) is 0 Å². The summed E-state index contributed by atoms with van der Waals surface area (Å²) in [7, 11) is 0.609. The zero-order valence-corrected chi connectivity index (χ0v) is 39.5. The first-order valence-electron chi connectivity index (χ1n) is 21.7. The molecule has 17 heteroatoms. The highest BCUT2D eigenvalue weighted by atomic mass is 32.2. The predicted octanol–water partition coefficient (Wildman–Crippen LogP) is 2.97. The Balaban J connectivity index is 1.83. The van der Waals surface area contributed by atoms with Crippen molar-refractivity contribution in [1.82, 2.24) is 9.21 Å². The third-order valence-electron chi connectivity index (χ3n) is 13.7. The van der Waals surface area contributed by atoms with E-state index in [4.69, 9.17) is 28.4 Å². The van der Waals surface area contributed by atoms with Gasteiger partial charge >= 0.3 is 5.97 Å². The van der Waals surface area contributed by atoms with Crippen molar-refractivity contribution in [3.8, 4) is 0 Å². The molecule has 1 unspecified atom stereocenters. The minimum absolute atomic E-state index is 0.0626. The molecule has 3 aliphatic heterocycles. The molecule has 0 radical (unpaired) electrons. The van der Waals surface area contributed by atoms with Gasteiger partial charge in [-0.3, -0.25) is 4.79 Å². The molecule has 352 valence electrons. The predicted molar refractivity (Wildman–Crippen MR) is 227 cm³/mol. The summed E-state index contributed by atoms with van der Waals surface area (Å²) in [4.78, 5) is 16.3. The minimum Gasteiger partial charge on any atom is -0.459 e. The van der Waals surface area contributed by atoms with Gasteiger partial charge in [-0.15, -0.1) is 0 Å². The highest BCUT2D eigenvalue weighted by Crippen LogP contribution is 2.40. The Labute approximate surface area is 363 Å². The minimum atomic E-state index is -4.07. The van der Waals surface area contributed by atoms with Crippen LogP contribution in [0, 0.1) is 24.7 Å². The largest absolute Gasteiger partial charge is 0.459 e. The molecule has 5 N–H and O–H groups in total. The Kier molecular flexibility index (Phi) is 17.1. The van der Waals surface area contributed by atoms with Crippen LogP contribution in [0.2, 0.25) is 0 Å². The maximum absolute atomic E-state index is 14.4. The van der Waals surface area contributed by atoms with Crippen LogP contribution in [0.25, 0.3) is 0 Å². The van der Waals surface area contributed by atoms with Crippen LogP contribution in [-0.2, 0) is 43.2 Å². The molecule has 0 saturated carbocycles. The van der Waals surface area contributed by atoms with Crippen molar-refractivity contribution < 1.29 is 67.2 Å². The van der Waals surface area contributed by atoms with Crippen LogP contribution in [0.4, 0.5) is 0 Å². The number of hydrogen-bond acceptors (Lipinski definition) is 15. The van der Waals surface area contributed by atoms with Gasteiger partial charge in [-0.2, -0.15) is 4.31 Å². The van der Waals surface area contributed by atoms with Gasteiger partial charge in [0.15, 0.2) is 12.6 Å². The number of aliphatic hydroxyl groups is 5. The molecule has 3 saturated heterocycles. The summed E-state index contributed by atoms with van der Waals surface area (Å²) in [6.45, 7) is 19.2. The maximum Gasteiger partial charge on any atom is 0.311 e. The topological polar surface area (TPSA) is 214 Å². The summed E-state index contributed by atoms with van der Waals surface area (Å²) in [6, 6.07) is 4.84. The molecule has 1 aromatic carbocycles. The van der Waals surface area contributed by atoms with Gasteiger partial charge in [-0.05, 0) is 99.8 Å². The Morgan fingerprint density at radius 2 is 1.54 bits per heavy atom. The van der Waals surface area contributed by atoms with Crippen molar-refractivity contribution >= 4 is 16.0 Å². The standard InChI is InChI=1S/C44H76N2O14S/c1-15-33-44(11,52)37(48)29(7)45(12)23-25(3)21-42(9,51)39(27(5)36(28(6)40(50)58-33)59-34-22-43(10,55-14)38(49)30(8)57-34)60-41-35(47)32(20-26(4)56-41)46(13)61(53,54)31-18-16-24(2)17-19-31/h16-19,25-30,32-39,41,47-49,51-52H,15,20-23H2,1-14H3/t25-,26-,27+,28-,29-,30+,32+,33-,34?,35-,36+,37-,38+,39-,41+,42+,43-,44-/m1/s1. The number of aliphatic hydroxyl groups excluding tert-OH is 3. The number of sulfonamides is 1. The number of likely N-dealkylation sites (N-methyl/N-ethyl adjacent to an activating group) is 2. The zero-order valence-electron chi connectivity index (χ0n) is 38.7. The molecule has 0 aliphatic carbocycles. The van der Waals surface area contributed by atoms with Crippen LogP contribution in [-0.4, -0.2) is 167 Å². The number of aryl methyl sites for hydroxylation is 1. The highest BCUT2D eigenvalue weighted by molar-refractivity contribution is 7.89. The fraction of sp³-hybridized carbons (Fsp3) is 0.841. The number of hydrogen-bond donors (Lipinski definition) is 5. The Morgan fingerprint density at radius 3 is 2.11 bits per heavy atom. The SMILES string of the molecule is CC[C@H]1OC(=O)[C@H](C)[C@@H](OC2C[C@@](C)(OC)[C@@H](O)[C@H](C)O2)[C@H](C)[C@@H](O[C@@H]2O[C@H](C)C[C@H](N(C)S(=O)(=O)c3ccc(C)cc3)[C@H]2O)[C@@](C)(O)C[C@@H](C)CN(C)[C@H](C)[C@@H](O)[C@]1(C)O. The Hall–Kier alpha value is -1.84. The Morgan fingerprint density at radius 1 is 0.934 bits per heavy atom. The normalized spacial score (nSPS) is 44.3. The van der Waals surface area contributed by atoms with E-state index in [-0.39, 0.29) is 36.5 Å². The van der Waals surface area contributed by atoms with E-state index in [1.807, 2.05) is 18.7 Å². The molecule has 4 rings (SSSR count). The summed E-state index contributed by atoms with van der Waals surface area (Å²) in [5.74, 6) is -3.03. The number of carbonyl (C=O) groups excluding carboxylic acids is 1. The molecule has 3 aliphatic rings. The van der Waals surface area contributed by atoms with E-state index in [2.05, 4.69) is 0 Å². The first-order valence-corrected chi connectivity index (χ1v) is 23.2. The van der Waals surface area contributed by atoms with Gasteiger partial charge < -0.3 is 58.9 Å². The van der Waals surface area contributed by atoms with Gasteiger partial charge in [-0.1, -0.05) is 38.5 Å². The average molecular weight is 889 g/mol. The summed E-state index contributed by atoms with van der Waals surface area (Å²) in [5.41, 5.74) is -3.78. The van der Waals surface area contributed by atoms with Gasteiger partial charge in [0.05, 0.1) is 52.5 Å². The van der Waals surface area contributed by atoms with Gasteiger partial charge in [-0.25, -0.2) is 8.42 Å². The smallest absolute Gasteiger partial charge is 0.311 e. The molecular weight excluding hydrogens is 813 g/mol. The van der Waals surface area contributed by atoms with E-state index < -0.39 is 118 Å². The van der Waals surface area contributed by atoms with Crippen molar-refractivity contribution in [3.63, 3.8) is 0 Å². The summed E-state index contributed by atoms with van der Waals surface area (Å²) >= 11 is 0. The molecular formula is C44H76N2O14S. The fourth-order valence-corrected chi connectivity index (χ4v) is 11.0. The second-order valence-corrected chi connectivity index (χ2v) is 21.0. The lowest BCUT2D eigenvalue weighted by molar-refractivity contribution is -0.317. The maximum atomic E-state index is 14.4. The number of ether oxygens (including phenoxy) is 6. The Bertz CT molecular complexity index is 1700. The highest BCUT2D eigenvalue weighted by Gasteiger charge is 2.53. The van der Waals surface area contributed by atoms with E-state index in [0.717, 1.165) is 9.87 Å². The summed E-state index contributed by atoms with van der Waals surface area (Å²) in [5, 5.41) is 59.1. The number of cyclic esters (lactones) is 1. The van der Waals surface area contributed by atoms with Gasteiger partial charge in [0, 0.05) is 39.1 Å². The van der Waals surface area contributed by atoms with E-state index in [1.54, 1.807) is 74.6 Å². The molecule has 18 atom stereocenters. The van der Waals surface area contributed by atoms with Crippen molar-refractivity contribution in [2.75, 3.05) is 27.7 Å². The van der Waals surface area contributed by atoms with Gasteiger partial charge in [0.2, 0.25) is 10.0 Å². The van der Waals surface area contributed by atoms with Crippen LogP contribution in [0.3, 0.4) is 0 Å². The molecule has 0 aromatic heterocycles. The van der Waals surface area contributed by atoms with Crippen LogP contribution in [0.1, 0.15) is 100 Å². The van der Waals surface area contributed by atoms with Crippen LogP contribution < -0.4 is 0 Å². The van der Waals surface area contributed by atoms with Crippen molar-refractivity contribution in [3.05, 3.63) is 29.8 Å². The van der Waals surface area contributed by atoms with Crippen molar-refractivity contribution in [1.29, 1.82) is 0 Å². The number of benzene rings is 1. The van der Waals surface area contributed by atoms with Crippen molar-refractivity contribution in [2.45, 2.75) is 197 Å². The molecule has 0 bridgehead atoms. The molecule has 16 nitrogen and oxygen atoms in total. The summed E-state index contributed by atoms with van der Waals surface area (Å²) < 4.78 is 66.6. The number of methoxy groups -OCH3 is 1. The fourth-order valence-electron chi connectivity index (χ4n) is 9.64. The number of carbonyl (C=O) groups is 1. The van der Waals surface area contributed by atoms with Crippen molar-refractivity contribution in [2.24, 2.45) is 17.8 Å².